The lowest BCUT2D eigenvalue weighted by Gasteiger charge is -2.53. The third-order valence-corrected chi connectivity index (χ3v) is 7.13. The van der Waals surface area contributed by atoms with Gasteiger partial charge in [0.1, 0.15) is 17.6 Å². The smallest absolute Gasteiger partial charge is 0.238 e. The first-order valence-electron chi connectivity index (χ1n) is 11.5. The summed E-state index contributed by atoms with van der Waals surface area (Å²) in [5, 5.41) is 58.8. The van der Waals surface area contributed by atoms with Gasteiger partial charge in [-0.3, -0.25) is 19.3 Å². The predicted molar refractivity (Wildman–Crippen MR) is 129 cm³/mol. The molecular weight excluding hydrogens is 470 g/mol. The molecule has 0 heterocycles. The van der Waals surface area contributed by atoms with E-state index in [0.717, 1.165) is 0 Å². The molecule has 36 heavy (non-hydrogen) atoms. The number of hydrogen-bond acceptors (Lipinski definition) is 10. The minimum absolute atomic E-state index is 0.104. The molecule has 2 unspecified atom stereocenters. The van der Waals surface area contributed by atoms with E-state index < -0.39 is 70.0 Å². The Kier molecular flexibility index (Phi) is 5.84. The number of fused-ring (bicyclic) bond motifs is 3. The number of amides is 1. The number of carbonyl (C=O) groups is 3. The molecule has 6 atom stereocenters. The molecule has 8 N–H and O–H groups in total. The summed E-state index contributed by atoms with van der Waals surface area (Å²) < 4.78 is 0. The number of carbonyl (C=O) groups excluding carboxylic acids is 3. The monoisotopic (exact) mass is 501 g/mol. The number of phenolic OH excluding ortho intramolecular Hbond substituents is 2. The Bertz CT molecular complexity index is 1300. The van der Waals surface area contributed by atoms with Crippen molar-refractivity contribution in [3.63, 3.8) is 0 Å². The second-order valence-electron chi connectivity index (χ2n) is 10.8. The zero-order chi connectivity index (χ0) is 27.1. The number of nitrogens with zero attached hydrogens (tertiary/aromatic N) is 1. The first kappa shape index (κ1) is 25.8. The minimum atomic E-state index is -2.85. The average molecular weight is 502 g/mol. The maximum absolute atomic E-state index is 13.7. The molecule has 0 spiro atoms. The van der Waals surface area contributed by atoms with Crippen LogP contribution in [0.4, 0.5) is 5.69 Å². The number of anilines is 1. The van der Waals surface area contributed by atoms with E-state index >= 15 is 0 Å². The summed E-state index contributed by atoms with van der Waals surface area (Å²) in [4.78, 5) is 41.6. The molecule has 11 heteroatoms. The fourth-order valence-corrected chi connectivity index (χ4v) is 5.67. The van der Waals surface area contributed by atoms with Gasteiger partial charge in [0.15, 0.2) is 23.1 Å². The van der Waals surface area contributed by atoms with E-state index in [-0.39, 0.29) is 27.8 Å². The lowest BCUT2D eigenvalue weighted by atomic mass is 9.56. The van der Waals surface area contributed by atoms with Crippen molar-refractivity contribution < 1.29 is 39.9 Å². The zero-order valence-electron chi connectivity index (χ0n) is 20.6. The Morgan fingerprint density at radius 3 is 2.28 bits per heavy atom. The van der Waals surface area contributed by atoms with Gasteiger partial charge < -0.3 is 36.6 Å². The standard InChI is InChI=1S/C25H31N3O8/c1-24(2,3)27-23(35)14-20(32)17(28(4)5)15-19(31)12-13(21(33)25(15,36)22(14)34)18(30)11-9(16(12)26)7-6-8-10(11)29/h6-8,14-15,17,19,21,29-31,33,36H,26H2,1-5H3,(H,27,35)/t14?,15-,17+,19+,21?,25+/m1/s1. The molecular formula is C25H31N3O8. The number of benzene rings is 2. The predicted octanol–water partition coefficient (Wildman–Crippen LogP) is -0.126. The highest BCUT2D eigenvalue weighted by Crippen LogP contribution is 2.58. The average Bonchev–Trinajstić information content (AvgIpc) is 2.75. The summed E-state index contributed by atoms with van der Waals surface area (Å²) >= 11 is 0. The Balaban J connectivity index is 2.02. The van der Waals surface area contributed by atoms with Crippen molar-refractivity contribution in [2.75, 3.05) is 19.8 Å². The number of aliphatic hydroxyl groups is 3. The molecule has 2 aliphatic rings. The van der Waals surface area contributed by atoms with Crippen LogP contribution in [0.15, 0.2) is 18.2 Å². The van der Waals surface area contributed by atoms with Gasteiger partial charge in [-0.2, -0.15) is 0 Å². The van der Waals surface area contributed by atoms with Gasteiger partial charge in [-0.1, -0.05) is 12.1 Å². The van der Waals surface area contributed by atoms with Gasteiger partial charge >= 0.3 is 0 Å². The number of Topliss-reactive ketones (excluding diaryl/α,β-unsaturated/α-hetero) is 2. The number of aromatic hydroxyl groups is 2. The Labute approximate surface area is 207 Å². The molecule has 11 nitrogen and oxygen atoms in total. The normalized spacial score (nSPS) is 30.3. The number of aliphatic hydroxyl groups excluding tert-OH is 2. The molecule has 2 aromatic carbocycles. The summed E-state index contributed by atoms with van der Waals surface area (Å²) in [5.74, 6) is -7.77. The second kappa shape index (κ2) is 8.13. The number of nitrogen functional groups attached to an aromatic ring is 1. The molecule has 1 saturated carbocycles. The van der Waals surface area contributed by atoms with Crippen molar-refractivity contribution in [1.82, 2.24) is 10.2 Å². The highest BCUT2D eigenvalue weighted by molar-refractivity contribution is 6.24. The number of phenols is 2. The highest BCUT2D eigenvalue weighted by Gasteiger charge is 2.69. The van der Waals surface area contributed by atoms with Gasteiger partial charge in [0.25, 0.3) is 0 Å². The van der Waals surface area contributed by atoms with Crippen LogP contribution in [-0.4, -0.2) is 79.2 Å². The first-order valence-corrected chi connectivity index (χ1v) is 11.5. The van der Waals surface area contributed by atoms with Crippen LogP contribution < -0.4 is 11.1 Å². The number of nitrogens with two attached hydrogens (primary N) is 1. The largest absolute Gasteiger partial charge is 0.507 e. The zero-order valence-corrected chi connectivity index (χ0v) is 20.6. The van der Waals surface area contributed by atoms with Gasteiger partial charge in [0, 0.05) is 27.7 Å². The Morgan fingerprint density at radius 1 is 1.11 bits per heavy atom. The van der Waals surface area contributed by atoms with Crippen molar-refractivity contribution in [3.05, 3.63) is 29.3 Å². The highest BCUT2D eigenvalue weighted by atomic mass is 16.4. The molecule has 0 saturated heterocycles. The van der Waals surface area contributed by atoms with E-state index in [1.807, 2.05) is 0 Å². The second-order valence-corrected chi connectivity index (χ2v) is 10.8. The van der Waals surface area contributed by atoms with E-state index in [1.54, 1.807) is 20.8 Å². The Morgan fingerprint density at radius 2 is 1.72 bits per heavy atom. The molecule has 4 rings (SSSR count). The van der Waals surface area contributed by atoms with Crippen molar-refractivity contribution in [3.8, 4) is 11.5 Å². The first-order chi connectivity index (χ1) is 16.6. The van der Waals surface area contributed by atoms with Gasteiger partial charge in [-0.15, -0.1) is 0 Å². The summed E-state index contributed by atoms with van der Waals surface area (Å²) in [5.41, 5.74) is 1.92. The number of rotatable bonds is 2. The van der Waals surface area contributed by atoms with E-state index in [0.29, 0.717) is 0 Å². The molecule has 1 amide bonds. The van der Waals surface area contributed by atoms with Gasteiger partial charge in [-0.05, 0) is 40.9 Å². The SMILES string of the molecule is CN(C)[C@@H]1C(=O)C(C(=O)NC(C)(C)C)C(=O)[C@@]2(O)C(O)c3c(c(N)c4cccc(O)c4c3O)[C@H](O)[C@@H]12. The molecule has 2 aromatic rings. The summed E-state index contributed by atoms with van der Waals surface area (Å²) in [6, 6.07) is 2.85. The topological polar surface area (TPSA) is 194 Å². The number of likely N-dealkylation sites (N-methyl/N-ethyl adjacent to an activating group) is 1. The quantitative estimate of drug-likeness (QED) is 0.166. The molecule has 2 aliphatic carbocycles. The third kappa shape index (κ3) is 3.38. The molecule has 194 valence electrons. The molecule has 0 radical (unpaired) electrons. The van der Waals surface area contributed by atoms with Gasteiger partial charge in [0.2, 0.25) is 5.91 Å². The summed E-state index contributed by atoms with van der Waals surface area (Å²) in [6.45, 7) is 4.95. The minimum Gasteiger partial charge on any atom is -0.507 e. The maximum Gasteiger partial charge on any atom is 0.238 e. The van der Waals surface area contributed by atoms with Crippen LogP contribution in [0, 0.1) is 11.8 Å². The Hall–Kier alpha value is -3.25. The van der Waals surface area contributed by atoms with Crippen molar-refractivity contribution in [2.24, 2.45) is 11.8 Å². The fraction of sp³-hybridized carbons (Fsp3) is 0.480. The molecule has 0 aliphatic heterocycles. The van der Waals surface area contributed by atoms with Crippen molar-refractivity contribution in [1.29, 1.82) is 0 Å². The van der Waals surface area contributed by atoms with E-state index in [1.165, 1.54) is 37.2 Å². The lowest BCUT2D eigenvalue weighted by molar-refractivity contribution is -0.202. The van der Waals surface area contributed by atoms with Crippen LogP contribution in [0.1, 0.15) is 44.1 Å². The van der Waals surface area contributed by atoms with E-state index in [9.17, 15) is 39.9 Å². The van der Waals surface area contributed by atoms with Gasteiger partial charge in [-0.25, -0.2) is 0 Å². The number of nitrogens with one attached hydrogen (secondary N) is 1. The summed E-state index contributed by atoms with van der Waals surface area (Å²) in [6.07, 6.45) is -3.97. The molecule has 0 bridgehead atoms. The van der Waals surface area contributed by atoms with Crippen LogP contribution in [0.2, 0.25) is 0 Å². The number of ketones is 2. The van der Waals surface area contributed by atoms with Crippen LogP contribution in [0.25, 0.3) is 10.8 Å². The third-order valence-electron chi connectivity index (χ3n) is 7.13. The molecule has 1 fully saturated rings. The molecule has 0 aromatic heterocycles. The lowest BCUT2D eigenvalue weighted by Crippen LogP contribution is -2.72. The van der Waals surface area contributed by atoms with Crippen molar-refractivity contribution in [2.45, 2.75) is 50.2 Å². The summed E-state index contributed by atoms with van der Waals surface area (Å²) in [7, 11) is 2.96. The van der Waals surface area contributed by atoms with Gasteiger partial charge in [0.05, 0.1) is 23.4 Å². The van der Waals surface area contributed by atoms with Crippen LogP contribution in [0.5, 0.6) is 11.5 Å². The van der Waals surface area contributed by atoms with E-state index in [2.05, 4.69) is 5.32 Å². The maximum atomic E-state index is 13.7. The van der Waals surface area contributed by atoms with Crippen LogP contribution in [0.3, 0.4) is 0 Å². The van der Waals surface area contributed by atoms with Crippen LogP contribution in [-0.2, 0) is 14.4 Å². The van der Waals surface area contributed by atoms with Crippen molar-refractivity contribution >= 4 is 33.9 Å². The fourth-order valence-electron chi connectivity index (χ4n) is 5.67. The number of hydrogen-bond donors (Lipinski definition) is 7. The van der Waals surface area contributed by atoms with E-state index in [4.69, 9.17) is 5.73 Å². The van der Waals surface area contributed by atoms with Crippen LogP contribution >= 0.6 is 0 Å².